The van der Waals surface area contributed by atoms with Gasteiger partial charge < -0.3 is 5.11 Å². The normalized spacial score (nSPS) is 14.6. The third-order valence-electron chi connectivity index (χ3n) is 4.02. The first kappa shape index (κ1) is 16.4. The molecule has 2 aromatic carbocycles. The Bertz CT molecular complexity index is 601. The fourth-order valence-electron chi connectivity index (χ4n) is 2.62. The average molecular weight is 298 g/mol. The lowest BCUT2D eigenvalue weighted by Gasteiger charge is -2.22. The summed E-state index contributed by atoms with van der Waals surface area (Å²) in [6.07, 6.45) is 1.96. The largest absolute Gasteiger partial charge is 0.388 e. The van der Waals surface area contributed by atoms with Crippen molar-refractivity contribution in [2.45, 2.75) is 32.8 Å². The van der Waals surface area contributed by atoms with Crippen LogP contribution in [0.5, 0.6) is 0 Å². The summed E-state index contributed by atoms with van der Waals surface area (Å²) in [6, 6.07) is 17.6. The Morgan fingerprint density at radius 1 is 1.09 bits per heavy atom. The number of hydrogen-bond acceptors (Lipinski definition) is 1. The molecule has 0 aromatic heterocycles. The molecule has 0 bridgehead atoms. The first-order chi connectivity index (χ1) is 10.6. The van der Waals surface area contributed by atoms with Crippen LogP contribution in [-0.2, 0) is 6.42 Å². The summed E-state index contributed by atoms with van der Waals surface area (Å²) in [4.78, 5) is 0. The fraction of sp³-hybridized carbons (Fsp3) is 0.300. The van der Waals surface area contributed by atoms with Gasteiger partial charge in [0.15, 0.2) is 0 Å². The highest BCUT2D eigenvalue weighted by Crippen LogP contribution is 2.32. The van der Waals surface area contributed by atoms with Crippen LogP contribution in [0.15, 0.2) is 66.5 Å². The van der Waals surface area contributed by atoms with Crippen LogP contribution in [0, 0.1) is 12.8 Å². The molecule has 22 heavy (non-hydrogen) atoms. The highest BCUT2D eigenvalue weighted by Gasteiger charge is 2.24. The van der Waals surface area contributed by atoms with Crippen LogP contribution < -0.4 is 0 Å². The van der Waals surface area contributed by atoms with E-state index in [4.69, 9.17) is 0 Å². The average Bonchev–Trinajstić information content (AvgIpc) is 2.56. The molecule has 0 radical (unpaired) electrons. The van der Waals surface area contributed by atoms with Gasteiger partial charge in [0.1, 0.15) is 5.83 Å². The van der Waals surface area contributed by atoms with Crippen molar-refractivity contribution in [1.29, 1.82) is 0 Å². The van der Waals surface area contributed by atoms with E-state index >= 15 is 0 Å². The van der Waals surface area contributed by atoms with Gasteiger partial charge in [-0.15, -0.1) is 0 Å². The van der Waals surface area contributed by atoms with Gasteiger partial charge >= 0.3 is 0 Å². The van der Waals surface area contributed by atoms with Crippen LogP contribution in [0.3, 0.4) is 0 Å². The van der Waals surface area contributed by atoms with Gasteiger partial charge in [0.05, 0.1) is 6.10 Å². The van der Waals surface area contributed by atoms with Crippen molar-refractivity contribution in [2.75, 3.05) is 0 Å². The van der Waals surface area contributed by atoms with Crippen molar-refractivity contribution in [3.05, 3.63) is 83.2 Å². The van der Waals surface area contributed by atoms with Gasteiger partial charge in [0.25, 0.3) is 0 Å². The second kappa shape index (κ2) is 7.90. The molecule has 0 saturated heterocycles. The SMILES string of the molecule is C/C=C(/F)[C@H](CCc1ccccc1)[C@@H](O)c1ccc(C)cc1. The van der Waals surface area contributed by atoms with E-state index in [-0.39, 0.29) is 5.83 Å². The molecule has 2 rings (SSSR count). The van der Waals surface area contributed by atoms with Crippen molar-refractivity contribution in [2.24, 2.45) is 5.92 Å². The van der Waals surface area contributed by atoms with Gasteiger partial charge in [0.2, 0.25) is 0 Å². The smallest absolute Gasteiger partial charge is 0.102 e. The first-order valence-electron chi connectivity index (χ1n) is 7.72. The molecule has 116 valence electrons. The maximum Gasteiger partial charge on any atom is 0.102 e. The molecule has 0 unspecified atom stereocenters. The van der Waals surface area contributed by atoms with Gasteiger partial charge in [-0.1, -0.05) is 66.2 Å². The topological polar surface area (TPSA) is 20.2 Å². The van der Waals surface area contributed by atoms with E-state index < -0.39 is 12.0 Å². The Labute approximate surface area is 132 Å². The molecular weight excluding hydrogens is 275 g/mol. The predicted octanol–water partition coefficient (Wildman–Crippen LogP) is 5.15. The zero-order valence-electron chi connectivity index (χ0n) is 13.2. The molecule has 0 amide bonds. The number of benzene rings is 2. The molecule has 0 spiro atoms. The lowest BCUT2D eigenvalue weighted by Crippen LogP contribution is -2.15. The molecule has 2 heteroatoms. The van der Waals surface area contributed by atoms with E-state index in [0.29, 0.717) is 6.42 Å². The molecule has 0 fully saturated rings. The summed E-state index contributed by atoms with van der Waals surface area (Å²) in [5.74, 6) is -0.753. The Balaban J connectivity index is 2.13. The molecule has 0 aliphatic heterocycles. The molecular formula is C20H23FO. The van der Waals surface area contributed by atoms with Crippen LogP contribution in [0.1, 0.15) is 36.1 Å². The minimum absolute atomic E-state index is 0.246. The van der Waals surface area contributed by atoms with E-state index in [1.165, 1.54) is 6.08 Å². The summed E-state index contributed by atoms with van der Waals surface area (Å²) in [7, 11) is 0. The lowest BCUT2D eigenvalue weighted by atomic mass is 9.88. The summed E-state index contributed by atoms with van der Waals surface area (Å²) in [5.41, 5.74) is 3.05. The lowest BCUT2D eigenvalue weighted by molar-refractivity contribution is 0.109. The Morgan fingerprint density at radius 3 is 2.32 bits per heavy atom. The van der Waals surface area contributed by atoms with Gasteiger partial charge in [0, 0.05) is 5.92 Å². The second-order valence-electron chi connectivity index (χ2n) is 5.66. The van der Waals surface area contributed by atoms with Crippen LogP contribution in [-0.4, -0.2) is 5.11 Å². The number of rotatable bonds is 6. The molecule has 2 aromatic rings. The number of aryl methyl sites for hydroxylation is 2. The van der Waals surface area contributed by atoms with Crippen molar-refractivity contribution < 1.29 is 9.50 Å². The third-order valence-corrected chi connectivity index (χ3v) is 4.02. The number of halogens is 1. The second-order valence-corrected chi connectivity index (χ2v) is 5.66. The fourth-order valence-corrected chi connectivity index (χ4v) is 2.62. The first-order valence-corrected chi connectivity index (χ1v) is 7.72. The zero-order chi connectivity index (χ0) is 15.9. The van der Waals surface area contributed by atoms with Gasteiger partial charge in [-0.3, -0.25) is 0 Å². The molecule has 0 saturated carbocycles. The monoisotopic (exact) mass is 298 g/mol. The standard InChI is InChI=1S/C20H23FO/c1-3-19(21)18(14-11-16-7-5-4-6-8-16)20(22)17-12-9-15(2)10-13-17/h3-10,12-13,18,20,22H,11,14H2,1-2H3/b19-3+/t18-,20-/m0/s1. The molecule has 0 aliphatic carbocycles. The van der Waals surface area contributed by atoms with Crippen molar-refractivity contribution in [3.63, 3.8) is 0 Å². The predicted molar refractivity (Wildman–Crippen MR) is 89.3 cm³/mol. The van der Waals surface area contributed by atoms with E-state index in [1.807, 2.05) is 61.5 Å². The van der Waals surface area contributed by atoms with E-state index in [2.05, 4.69) is 0 Å². The Morgan fingerprint density at radius 2 is 1.73 bits per heavy atom. The van der Waals surface area contributed by atoms with Crippen LogP contribution >= 0.6 is 0 Å². The number of allylic oxidation sites excluding steroid dienone is 1. The molecule has 0 heterocycles. The highest BCUT2D eigenvalue weighted by molar-refractivity contribution is 5.25. The van der Waals surface area contributed by atoms with Gasteiger partial charge in [-0.25, -0.2) is 4.39 Å². The van der Waals surface area contributed by atoms with Crippen molar-refractivity contribution in [3.8, 4) is 0 Å². The molecule has 2 atom stereocenters. The summed E-state index contributed by atoms with van der Waals surface area (Å²) in [5, 5.41) is 10.6. The van der Waals surface area contributed by atoms with E-state index in [1.54, 1.807) is 6.92 Å². The molecule has 1 N–H and O–H groups in total. The summed E-state index contributed by atoms with van der Waals surface area (Å²) >= 11 is 0. The summed E-state index contributed by atoms with van der Waals surface area (Å²) < 4.78 is 14.2. The number of aliphatic hydroxyl groups excluding tert-OH is 1. The van der Waals surface area contributed by atoms with Crippen LogP contribution in [0.2, 0.25) is 0 Å². The quantitative estimate of drug-likeness (QED) is 0.782. The third kappa shape index (κ3) is 4.28. The molecule has 1 nitrogen and oxygen atoms in total. The van der Waals surface area contributed by atoms with E-state index in [9.17, 15) is 9.50 Å². The Kier molecular flexibility index (Phi) is 5.91. The van der Waals surface area contributed by atoms with Crippen LogP contribution in [0.4, 0.5) is 4.39 Å². The molecule has 0 aliphatic rings. The summed E-state index contributed by atoms with van der Waals surface area (Å²) in [6.45, 7) is 3.67. The van der Waals surface area contributed by atoms with Gasteiger partial charge in [-0.2, -0.15) is 0 Å². The zero-order valence-corrected chi connectivity index (χ0v) is 13.2. The maximum atomic E-state index is 14.2. The van der Waals surface area contributed by atoms with Crippen LogP contribution in [0.25, 0.3) is 0 Å². The Hall–Kier alpha value is -1.93. The van der Waals surface area contributed by atoms with Gasteiger partial charge in [-0.05, 0) is 37.8 Å². The minimum Gasteiger partial charge on any atom is -0.388 e. The van der Waals surface area contributed by atoms with Crippen molar-refractivity contribution in [1.82, 2.24) is 0 Å². The number of hydrogen-bond donors (Lipinski definition) is 1. The number of aliphatic hydroxyl groups is 1. The minimum atomic E-state index is -0.819. The van der Waals surface area contributed by atoms with E-state index in [0.717, 1.165) is 23.1 Å². The van der Waals surface area contributed by atoms with Crippen molar-refractivity contribution >= 4 is 0 Å². The maximum absolute atomic E-state index is 14.2. The highest BCUT2D eigenvalue weighted by atomic mass is 19.1.